The van der Waals surface area contributed by atoms with E-state index in [1.165, 1.54) is 5.56 Å². The number of rotatable bonds is 5. The van der Waals surface area contributed by atoms with Crippen LogP contribution in [0.4, 0.5) is 0 Å². The second kappa shape index (κ2) is 5.75. The fourth-order valence-electron chi connectivity index (χ4n) is 1.39. The van der Waals surface area contributed by atoms with Gasteiger partial charge in [0.1, 0.15) is 0 Å². The van der Waals surface area contributed by atoms with Crippen LogP contribution in [-0.4, -0.2) is 23.3 Å². The van der Waals surface area contributed by atoms with Gasteiger partial charge in [0.15, 0.2) is 0 Å². The van der Waals surface area contributed by atoms with Gasteiger partial charge in [-0.3, -0.25) is 0 Å². The average Bonchev–Trinajstić information content (AvgIpc) is 2.88. The van der Waals surface area contributed by atoms with E-state index in [-0.39, 0.29) is 0 Å². The average molecular weight is 316 g/mol. The number of nitrogens with zero attached hydrogens (tertiary/aromatic N) is 2. The summed E-state index contributed by atoms with van der Waals surface area (Å²) in [5, 5.41) is 11.3. The van der Waals surface area contributed by atoms with Gasteiger partial charge in [-0.05, 0) is 41.0 Å². The van der Waals surface area contributed by atoms with Gasteiger partial charge >= 0.3 is 0 Å². The van der Waals surface area contributed by atoms with Crippen molar-refractivity contribution in [3.63, 3.8) is 0 Å². The lowest BCUT2D eigenvalue weighted by Crippen LogP contribution is -2.16. The number of likely N-dealkylation sites (N-methyl/N-ethyl adjacent to an activating group) is 1. The molecular weight excluding hydrogens is 302 g/mol. The lowest BCUT2D eigenvalue weighted by Gasteiger charge is -1.95. The molecule has 17 heavy (non-hydrogen) atoms. The molecule has 0 aliphatic carbocycles. The summed E-state index contributed by atoms with van der Waals surface area (Å²) in [6.45, 7) is 5.95. The Labute approximate surface area is 113 Å². The third kappa shape index (κ3) is 3.14. The molecule has 2 aromatic heterocycles. The van der Waals surface area contributed by atoms with Gasteiger partial charge in [-0.1, -0.05) is 6.92 Å². The smallest absolute Gasteiger partial charge is 0.257 e. The molecule has 4 nitrogen and oxygen atoms in total. The maximum absolute atomic E-state index is 5.61. The number of aromatic nitrogens is 2. The van der Waals surface area contributed by atoms with E-state index in [9.17, 15) is 0 Å². The first-order valence-electron chi connectivity index (χ1n) is 5.50. The largest absolute Gasteiger partial charge is 0.420 e. The van der Waals surface area contributed by atoms with E-state index < -0.39 is 0 Å². The van der Waals surface area contributed by atoms with Gasteiger partial charge in [-0.25, -0.2) is 0 Å². The minimum absolute atomic E-state index is 0.607. The molecule has 92 valence electrons. The molecule has 6 heteroatoms. The highest BCUT2D eigenvalue weighted by Gasteiger charge is 2.12. The fourth-order valence-corrected chi connectivity index (χ4v) is 2.85. The van der Waals surface area contributed by atoms with Gasteiger partial charge in [0.25, 0.3) is 5.89 Å². The first-order valence-corrected chi connectivity index (χ1v) is 7.11. The van der Waals surface area contributed by atoms with Crippen molar-refractivity contribution in [2.45, 2.75) is 20.3 Å². The van der Waals surface area contributed by atoms with Gasteiger partial charge in [0.2, 0.25) is 5.89 Å². The minimum Gasteiger partial charge on any atom is -0.420 e. The Balaban J connectivity index is 2.07. The zero-order chi connectivity index (χ0) is 12.3. The van der Waals surface area contributed by atoms with E-state index in [1.807, 2.05) is 6.92 Å². The molecule has 1 N–H and O–H groups in total. The van der Waals surface area contributed by atoms with E-state index in [1.54, 1.807) is 11.3 Å². The van der Waals surface area contributed by atoms with Crippen molar-refractivity contribution < 1.29 is 4.42 Å². The van der Waals surface area contributed by atoms with Crippen LogP contribution in [0.3, 0.4) is 0 Å². The van der Waals surface area contributed by atoms with E-state index in [4.69, 9.17) is 4.42 Å². The fraction of sp³-hybridized carbons (Fsp3) is 0.455. The van der Waals surface area contributed by atoms with Gasteiger partial charge in [0.05, 0.1) is 8.66 Å². The van der Waals surface area contributed by atoms with Crippen LogP contribution < -0.4 is 5.32 Å². The van der Waals surface area contributed by atoms with Crippen molar-refractivity contribution in [1.82, 2.24) is 15.5 Å². The van der Waals surface area contributed by atoms with Gasteiger partial charge in [-0.2, -0.15) is 0 Å². The summed E-state index contributed by atoms with van der Waals surface area (Å²) >= 11 is 5.10. The number of thiophene rings is 1. The molecule has 2 rings (SSSR count). The summed E-state index contributed by atoms with van der Waals surface area (Å²) in [5.41, 5.74) is 1.19. The van der Waals surface area contributed by atoms with Gasteiger partial charge in [-0.15, -0.1) is 21.5 Å². The molecule has 0 spiro atoms. The molecule has 0 amide bonds. The van der Waals surface area contributed by atoms with Crippen molar-refractivity contribution in [2.75, 3.05) is 13.1 Å². The molecule has 2 heterocycles. The van der Waals surface area contributed by atoms with E-state index in [0.29, 0.717) is 11.8 Å². The first-order chi connectivity index (χ1) is 8.20. The van der Waals surface area contributed by atoms with Crippen molar-refractivity contribution >= 4 is 27.3 Å². The highest BCUT2D eigenvalue weighted by molar-refractivity contribution is 9.11. The quantitative estimate of drug-likeness (QED) is 0.862. The van der Waals surface area contributed by atoms with E-state index in [2.05, 4.69) is 44.4 Å². The number of halogens is 1. The molecule has 0 radical (unpaired) electrons. The second-order valence-electron chi connectivity index (χ2n) is 3.67. The lowest BCUT2D eigenvalue weighted by molar-refractivity contribution is 0.497. The second-order valence-corrected chi connectivity index (χ2v) is 6.04. The predicted octanol–water partition coefficient (Wildman–Crippen LogP) is 3.02. The van der Waals surface area contributed by atoms with Crippen LogP contribution in [0.25, 0.3) is 10.8 Å². The van der Waals surface area contributed by atoms with E-state index >= 15 is 0 Å². The van der Waals surface area contributed by atoms with Crippen molar-refractivity contribution in [1.29, 1.82) is 0 Å². The summed E-state index contributed by atoms with van der Waals surface area (Å²) < 4.78 is 6.72. The van der Waals surface area contributed by atoms with Crippen LogP contribution in [-0.2, 0) is 6.42 Å². The molecule has 0 aromatic carbocycles. The molecule has 0 saturated heterocycles. The highest BCUT2D eigenvalue weighted by atomic mass is 79.9. The highest BCUT2D eigenvalue weighted by Crippen LogP contribution is 2.33. The summed E-state index contributed by atoms with van der Waals surface area (Å²) in [5.74, 6) is 1.29. The van der Waals surface area contributed by atoms with Gasteiger partial charge in [0, 0.05) is 13.0 Å². The van der Waals surface area contributed by atoms with Crippen LogP contribution in [0.1, 0.15) is 18.4 Å². The molecule has 0 fully saturated rings. The van der Waals surface area contributed by atoms with Crippen molar-refractivity contribution in [2.24, 2.45) is 0 Å². The molecule has 0 aliphatic heterocycles. The Morgan fingerprint density at radius 1 is 1.47 bits per heavy atom. The zero-order valence-corrected chi connectivity index (χ0v) is 12.2. The van der Waals surface area contributed by atoms with Crippen LogP contribution in [0, 0.1) is 6.92 Å². The summed E-state index contributed by atoms with van der Waals surface area (Å²) in [4.78, 5) is 1.01. The maximum Gasteiger partial charge on any atom is 0.257 e. The maximum atomic E-state index is 5.61. The molecule has 2 aromatic rings. The molecule has 0 aliphatic rings. The number of nitrogens with one attached hydrogen (secondary N) is 1. The van der Waals surface area contributed by atoms with Crippen LogP contribution >= 0.6 is 27.3 Å². The molecule has 0 bridgehead atoms. The first kappa shape index (κ1) is 12.7. The predicted molar refractivity (Wildman–Crippen MR) is 72.3 cm³/mol. The summed E-state index contributed by atoms with van der Waals surface area (Å²) in [6.07, 6.45) is 0.770. The van der Waals surface area contributed by atoms with Crippen molar-refractivity contribution in [3.05, 3.63) is 21.3 Å². The Morgan fingerprint density at radius 2 is 2.29 bits per heavy atom. The molecular formula is C11H14BrN3OS. The van der Waals surface area contributed by atoms with Crippen molar-refractivity contribution in [3.8, 4) is 10.8 Å². The monoisotopic (exact) mass is 315 g/mol. The van der Waals surface area contributed by atoms with Crippen LogP contribution in [0.15, 0.2) is 14.3 Å². The Kier molecular flexibility index (Phi) is 4.31. The lowest BCUT2D eigenvalue weighted by atomic mass is 10.3. The number of aryl methyl sites for hydroxylation is 1. The third-order valence-electron chi connectivity index (χ3n) is 2.30. The number of hydrogen-bond donors (Lipinski definition) is 1. The van der Waals surface area contributed by atoms with E-state index in [0.717, 1.165) is 28.2 Å². The standard InChI is InChI=1S/C11H14BrN3OS/c1-3-13-5-4-9-14-15-11(16-9)8-6-7(2)10(12)17-8/h6,13H,3-5H2,1-2H3. The number of hydrogen-bond acceptors (Lipinski definition) is 5. The zero-order valence-electron chi connectivity index (χ0n) is 9.79. The van der Waals surface area contributed by atoms with Gasteiger partial charge < -0.3 is 9.73 Å². The van der Waals surface area contributed by atoms with Crippen LogP contribution in [0.2, 0.25) is 0 Å². The third-order valence-corrected chi connectivity index (χ3v) is 4.43. The molecule has 0 unspecified atom stereocenters. The molecule has 0 atom stereocenters. The Bertz CT molecular complexity index is 475. The summed E-state index contributed by atoms with van der Waals surface area (Å²) in [7, 11) is 0. The Hall–Kier alpha value is -0.720. The minimum atomic E-state index is 0.607. The SMILES string of the molecule is CCNCCc1nnc(-c2cc(C)c(Br)s2)o1. The normalized spacial score (nSPS) is 11.0. The topological polar surface area (TPSA) is 51.0 Å². The van der Waals surface area contributed by atoms with Crippen LogP contribution in [0.5, 0.6) is 0 Å². The summed E-state index contributed by atoms with van der Waals surface area (Å²) in [6, 6.07) is 2.05. The Morgan fingerprint density at radius 3 is 2.94 bits per heavy atom. The molecule has 0 saturated carbocycles.